The summed E-state index contributed by atoms with van der Waals surface area (Å²) in [6, 6.07) is 6.90. The standard InChI is InChI=1S/C12H11N3O2S/c16-18(17,11-4-2-5-13-7-11)15-8-10-3-1-6-14-12(10)9-15/h1-7H,8-9H2. The van der Waals surface area contributed by atoms with E-state index >= 15 is 0 Å². The lowest BCUT2D eigenvalue weighted by Crippen LogP contribution is -2.25. The molecule has 18 heavy (non-hydrogen) atoms. The lowest BCUT2D eigenvalue weighted by atomic mass is 10.2. The van der Waals surface area contributed by atoms with Crippen LogP contribution in [-0.4, -0.2) is 22.7 Å². The van der Waals surface area contributed by atoms with Crippen LogP contribution in [0, 0.1) is 0 Å². The Hall–Kier alpha value is -1.79. The Kier molecular flexibility index (Phi) is 2.61. The maximum absolute atomic E-state index is 12.4. The van der Waals surface area contributed by atoms with Crippen molar-refractivity contribution in [1.82, 2.24) is 14.3 Å². The third kappa shape index (κ3) is 1.79. The minimum Gasteiger partial charge on any atom is -0.263 e. The van der Waals surface area contributed by atoms with Gasteiger partial charge in [0.15, 0.2) is 0 Å². The van der Waals surface area contributed by atoms with Crippen LogP contribution in [0.4, 0.5) is 0 Å². The molecule has 0 fully saturated rings. The first-order valence-corrected chi connectivity index (χ1v) is 6.95. The van der Waals surface area contributed by atoms with Crippen LogP contribution in [-0.2, 0) is 23.1 Å². The van der Waals surface area contributed by atoms with Gasteiger partial charge in [-0.15, -0.1) is 0 Å². The van der Waals surface area contributed by atoms with Gasteiger partial charge >= 0.3 is 0 Å². The Balaban J connectivity index is 1.95. The first-order chi connectivity index (χ1) is 8.68. The average Bonchev–Trinajstić information content (AvgIpc) is 2.84. The molecule has 0 N–H and O–H groups in total. The molecule has 0 bridgehead atoms. The highest BCUT2D eigenvalue weighted by Gasteiger charge is 2.31. The molecular weight excluding hydrogens is 250 g/mol. The summed E-state index contributed by atoms with van der Waals surface area (Å²) in [5, 5.41) is 0. The summed E-state index contributed by atoms with van der Waals surface area (Å²) >= 11 is 0. The fourth-order valence-electron chi connectivity index (χ4n) is 1.99. The fourth-order valence-corrected chi connectivity index (χ4v) is 3.33. The molecule has 0 saturated heterocycles. The van der Waals surface area contributed by atoms with Gasteiger partial charge in [-0.25, -0.2) is 8.42 Å². The molecule has 1 aliphatic rings. The van der Waals surface area contributed by atoms with Crippen molar-refractivity contribution in [3.05, 3.63) is 54.1 Å². The highest BCUT2D eigenvalue weighted by Crippen LogP contribution is 2.26. The van der Waals surface area contributed by atoms with Crippen molar-refractivity contribution >= 4 is 10.0 Å². The van der Waals surface area contributed by atoms with E-state index in [1.807, 2.05) is 12.1 Å². The van der Waals surface area contributed by atoms with Crippen LogP contribution in [0.5, 0.6) is 0 Å². The van der Waals surface area contributed by atoms with Gasteiger partial charge in [0.2, 0.25) is 10.0 Å². The molecule has 0 unspecified atom stereocenters. The third-order valence-corrected chi connectivity index (χ3v) is 4.70. The van der Waals surface area contributed by atoms with Gasteiger partial charge < -0.3 is 0 Å². The number of pyridine rings is 2. The monoisotopic (exact) mass is 261 g/mol. The minimum absolute atomic E-state index is 0.220. The molecule has 0 aliphatic carbocycles. The molecule has 0 radical (unpaired) electrons. The topological polar surface area (TPSA) is 63.2 Å². The zero-order valence-electron chi connectivity index (χ0n) is 9.52. The van der Waals surface area contributed by atoms with Gasteiger partial charge in [0.1, 0.15) is 4.90 Å². The number of aromatic nitrogens is 2. The molecule has 3 heterocycles. The molecule has 0 aromatic carbocycles. The Morgan fingerprint density at radius 1 is 1.11 bits per heavy atom. The number of rotatable bonds is 2. The van der Waals surface area contributed by atoms with E-state index in [2.05, 4.69) is 9.97 Å². The van der Waals surface area contributed by atoms with Crippen molar-refractivity contribution < 1.29 is 8.42 Å². The summed E-state index contributed by atoms with van der Waals surface area (Å²) in [6.07, 6.45) is 4.60. The number of fused-ring (bicyclic) bond motifs is 1. The van der Waals surface area contributed by atoms with Gasteiger partial charge in [0.25, 0.3) is 0 Å². The van der Waals surface area contributed by atoms with Gasteiger partial charge in [0.05, 0.1) is 12.2 Å². The van der Waals surface area contributed by atoms with Gasteiger partial charge in [-0.3, -0.25) is 9.97 Å². The minimum atomic E-state index is -3.48. The van der Waals surface area contributed by atoms with Crippen molar-refractivity contribution in [3.63, 3.8) is 0 Å². The highest BCUT2D eigenvalue weighted by atomic mass is 32.2. The molecule has 1 aliphatic heterocycles. The van der Waals surface area contributed by atoms with Gasteiger partial charge in [-0.05, 0) is 23.8 Å². The molecule has 6 heteroatoms. The van der Waals surface area contributed by atoms with Crippen LogP contribution in [0.3, 0.4) is 0 Å². The number of hydrogen-bond acceptors (Lipinski definition) is 4. The quantitative estimate of drug-likeness (QED) is 0.814. The van der Waals surface area contributed by atoms with Crippen molar-refractivity contribution in [3.8, 4) is 0 Å². The second-order valence-corrected chi connectivity index (χ2v) is 6.01. The van der Waals surface area contributed by atoms with Crippen LogP contribution in [0.25, 0.3) is 0 Å². The van der Waals surface area contributed by atoms with Gasteiger partial charge in [-0.1, -0.05) is 6.07 Å². The predicted octanol–water partition coefficient (Wildman–Crippen LogP) is 1.18. The first-order valence-electron chi connectivity index (χ1n) is 5.51. The number of nitrogens with zero attached hydrogens (tertiary/aromatic N) is 3. The summed E-state index contributed by atoms with van der Waals surface area (Å²) in [7, 11) is -3.48. The predicted molar refractivity (Wildman–Crippen MR) is 64.9 cm³/mol. The van der Waals surface area contributed by atoms with Crippen molar-refractivity contribution in [1.29, 1.82) is 0 Å². The number of hydrogen-bond donors (Lipinski definition) is 0. The van der Waals surface area contributed by atoms with Crippen molar-refractivity contribution in [2.45, 2.75) is 18.0 Å². The zero-order chi connectivity index (χ0) is 12.6. The zero-order valence-corrected chi connectivity index (χ0v) is 10.3. The van der Waals surface area contributed by atoms with E-state index in [4.69, 9.17) is 0 Å². The van der Waals surface area contributed by atoms with Crippen molar-refractivity contribution in [2.24, 2.45) is 0 Å². The second-order valence-electron chi connectivity index (χ2n) is 4.07. The van der Waals surface area contributed by atoms with E-state index < -0.39 is 10.0 Å². The molecule has 3 rings (SSSR count). The van der Waals surface area contributed by atoms with Crippen LogP contribution >= 0.6 is 0 Å². The average molecular weight is 261 g/mol. The molecule has 0 amide bonds. The summed E-state index contributed by atoms with van der Waals surface area (Å²) in [6.45, 7) is 0.702. The van der Waals surface area contributed by atoms with E-state index in [0.717, 1.165) is 11.3 Å². The molecule has 0 spiro atoms. The summed E-state index contributed by atoms with van der Waals surface area (Å²) < 4.78 is 26.1. The molecule has 0 saturated carbocycles. The molecular formula is C12H11N3O2S. The Labute approximate surface area is 105 Å². The maximum atomic E-state index is 12.4. The molecule has 92 valence electrons. The van der Waals surface area contributed by atoms with E-state index in [1.165, 1.54) is 10.5 Å². The summed E-state index contributed by atoms with van der Waals surface area (Å²) in [4.78, 5) is 8.27. The van der Waals surface area contributed by atoms with Gasteiger partial charge in [0, 0.05) is 25.1 Å². The van der Waals surface area contributed by atoms with Crippen molar-refractivity contribution in [2.75, 3.05) is 0 Å². The van der Waals surface area contributed by atoms with E-state index in [9.17, 15) is 8.42 Å². The smallest absolute Gasteiger partial charge is 0.245 e. The third-order valence-electron chi connectivity index (χ3n) is 2.93. The SMILES string of the molecule is O=S(=O)(c1cccnc1)N1Cc2cccnc2C1. The summed E-state index contributed by atoms with van der Waals surface area (Å²) in [5.74, 6) is 0. The number of sulfonamides is 1. The van der Waals surface area contributed by atoms with E-state index in [-0.39, 0.29) is 4.90 Å². The Morgan fingerprint density at radius 2 is 1.94 bits per heavy atom. The maximum Gasteiger partial charge on any atom is 0.245 e. The fraction of sp³-hybridized carbons (Fsp3) is 0.167. The highest BCUT2D eigenvalue weighted by molar-refractivity contribution is 7.89. The Bertz CT molecular complexity index is 646. The normalized spacial score (nSPS) is 15.6. The van der Waals surface area contributed by atoms with E-state index in [0.29, 0.717) is 13.1 Å². The molecule has 5 nitrogen and oxygen atoms in total. The first kappa shape index (κ1) is 11.3. The molecule has 0 atom stereocenters. The van der Waals surface area contributed by atoms with Crippen LogP contribution in [0.15, 0.2) is 47.8 Å². The second kappa shape index (κ2) is 4.15. The lowest BCUT2D eigenvalue weighted by Gasteiger charge is -2.14. The van der Waals surface area contributed by atoms with Crippen LogP contribution in [0.2, 0.25) is 0 Å². The Morgan fingerprint density at radius 3 is 2.67 bits per heavy atom. The molecule has 2 aromatic heterocycles. The van der Waals surface area contributed by atoms with Crippen LogP contribution in [0.1, 0.15) is 11.3 Å². The van der Waals surface area contributed by atoms with E-state index in [1.54, 1.807) is 24.5 Å². The molecule has 2 aromatic rings. The lowest BCUT2D eigenvalue weighted by molar-refractivity contribution is 0.429. The summed E-state index contributed by atoms with van der Waals surface area (Å²) in [5.41, 5.74) is 1.79. The largest absolute Gasteiger partial charge is 0.263 e. The van der Waals surface area contributed by atoms with Gasteiger partial charge in [-0.2, -0.15) is 4.31 Å². The van der Waals surface area contributed by atoms with Crippen LogP contribution < -0.4 is 0 Å².